The molecule has 0 aliphatic rings. The molecule has 0 aromatic rings. The van der Waals surface area contributed by atoms with Gasteiger partial charge in [-0.2, -0.15) is 0 Å². The van der Waals surface area contributed by atoms with Crippen LogP contribution in [0.1, 0.15) is 13.8 Å². The standard InChI is InChI=1S/C3H7NO2.2C2H4O2.Ca/c1-4-2-3(5)6;2*1-2(3)4;/h4H,2H2,1H3,(H,5,6);2*1H3,(H,3,4);/q;;;+2/p-2. The molecular weight excluding hydrogens is 234 g/mol. The van der Waals surface area contributed by atoms with Gasteiger partial charge in [0.1, 0.15) is 0 Å². The number of hydrogen-bond acceptors (Lipinski definition) is 6. The van der Waals surface area contributed by atoms with E-state index in [1.807, 2.05) is 0 Å². The number of aliphatic carboxylic acids is 3. The third-order valence-electron chi connectivity index (χ3n) is 0.328. The van der Waals surface area contributed by atoms with Gasteiger partial charge in [-0.25, -0.2) is 0 Å². The van der Waals surface area contributed by atoms with Gasteiger partial charge in [-0.1, -0.05) is 0 Å². The monoisotopic (exact) mass is 247 g/mol. The third-order valence-corrected chi connectivity index (χ3v) is 0.328. The second-order valence-electron chi connectivity index (χ2n) is 1.91. The van der Waals surface area contributed by atoms with Gasteiger partial charge in [0.15, 0.2) is 0 Å². The molecule has 0 aromatic carbocycles. The first-order valence-electron chi connectivity index (χ1n) is 3.45. The maximum atomic E-state index is 9.54. The minimum atomic E-state index is -1.08. The average Bonchev–Trinajstić information content (AvgIpc) is 1.82. The first-order valence-corrected chi connectivity index (χ1v) is 3.45. The van der Waals surface area contributed by atoms with Crippen molar-refractivity contribution in [2.45, 2.75) is 13.8 Å². The Kier molecular flexibility index (Phi) is 30.9. The van der Waals surface area contributed by atoms with Crippen LogP contribution in [0.4, 0.5) is 0 Å². The van der Waals surface area contributed by atoms with Crippen molar-refractivity contribution < 1.29 is 29.7 Å². The van der Waals surface area contributed by atoms with E-state index in [1.165, 1.54) is 0 Å². The molecule has 0 spiro atoms. The number of carboxylic acid groups (broad SMARTS) is 3. The van der Waals surface area contributed by atoms with E-state index < -0.39 is 17.9 Å². The van der Waals surface area contributed by atoms with Gasteiger partial charge in [0, 0.05) is 11.9 Å². The Morgan fingerprint density at radius 3 is 1.33 bits per heavy atom. The first kappa shape index (κ1) is 24.1. The molecule has 0 bridgehead atoms. The number of carbonyl (C=O) groups excluding carboxylic acids is 2. The summed E-state index contributed by atoms with van der Waals surface area (Å²) in [5, 5.41) is 28.1. The maximum absolute atomic E-state index is 9.54. The molecule has 0 atom stereocenters. The molecule has 0 unspecified atom stereocenters. The van der Waals surface area contributed by atoms with Crippen LogP contribution in [0.25, 0.3) is 0 Å². The number of carboxylic acids is 3. The largest absolute Gasteiger partial charge is 2.00 e. The number of rotatable bonds is 2. The number of carbonyl (C=O) groups is 3. The van der Waals surface area contributed by atoms with Crippen LogP contribution in [-0.4, -0.2) is 74.3 Å². The van der Waals surface area contributed by atoms with Crippen molar-refractivity contribution in [2.75, 3.05) is 13.6 Å². The molecule has 2 N–H and O–H groups in total. The van der Waals surface area contributed by atoms with Crippen LogP contribution >= 0.6 is 0 Å². The molecular formula is C7H13CaNO6. The van der Waals surface area contributed by atoms with E-state index in [0.717, 1.165) is 13.8 Å². The normalized spacial score (nSPS) is 6.60. The fourth-order valence-corrected chi connectivity index (χ4v) is 0.151. The second kappa shape index (κ2) is 19.2. The number of likely N-dealkylation sites (N-methyl/N-ethyl adjacent to an activating group) is 1. The topological polar surface area (TPSA) is 130 Å². The molecule has 0 saturated carbocycles. The van der Waals surface area contributed by atoms with Crippen molar-refractivity contribution in [3.05, 3.63) is 0 Å². The molecule has 0 heterocycles. The van der Waals surface area contributed by atoms with Crippen molar-refractivity contribution in [1.82, 2.24) is 5.32 Å². The van der Waals surface area contributed by atoms with Gasteiger partial charge in [-0.3, -0.25) is 4.79 Å². The van der Waals surface area contributed by atoms with Crippen LogP contribution in [0.3, 0.4) is 0 Å². The molecule has 0 aliphatic heterocycles. The van der Waals surface area contributed by atoms with Crippen molar-refractivity contribution in [3.8, 4) is 0 Å². The predicted molar refractivity (Wildman–Crippen MR) is 48.7 cm³/mol. The number of hydrogen-bond donors (Lipinski definition) is 2. The smallest absolute Gasteiger partial charge is 0.550 e. The van der Waals surface area contributed by atoms with Crippen LogP contribution in [0, 0.1) is 0 Å². The molecule has 7 nitrogen and oxygen atoms in total. The SMILES string of the molecule is CC(=O)[O-].CC(=O)[O-].CNCC(=O)O.[Ca+2]. The summed E-state index contributed by atoms with van der Waals surface area (Å²) in [6.07, 6.45) is 0. The minimum Gasteiger partial charge on any atom is -0.550 e. The summed E-state index contributed by atoms with van der Waals surface area (Å²) in [4.78, 5) is 27.3. The summed E-state index contributed by atoms with van der Waals surface area (Å²) in [5.74, 6) is -2.99. The van der Waals surface area contributed by atoms with Crippen LogP contribution < -0.4 is 15.5 Å². The summed E-state index contributed by atoms with van der Waals surface area (Å²) < 4.78 is 0. The molecule has 15 heavy (non-hydrogen) atoms. The van der Waals surface area contributed by atoms with E-state index in [0.29, 0.717) is 0 Å². The third kappa shape index (κ3) is 267. The zero-order chi connectivity index (χ0) is 12.1. The zero-order valence-electron chi connectivity index (χ0n) is 8.90. The molecule has 0 saturated heterocycles. The second-order valence-corrected chi connectivity index (χ2v) is 1.91. The minimum absolute atomic E-state index is 0. The Hall–Kier alpha value is -0.370. The Bertz CT molecular complexity index is 164. The van der Waals surface area contributed by atoms with Crippen LogP contribution in [0.2, 0.25) is 0 Å². The fraction of sp³-hybridized carbons (Fsp3) is 0.571. The molecule has 0 rings (SSSR count). The van der Waals surface area contributed by atoms with Crippen LogP contribution in [0.15, 0.2) is 0 Å². The Balaban J connectivity index is -0.0000000606. The average molecular weight is 247 g/mol. The van der Waals surface area contributed by atoms with Crippen molar-refractivity contribution in [1.29, 1.82) is 0 Å². The van der Waals surface area contributed by atoms with E-state index in [4.69, 9.17) is 24.9 Å². The molecule has 0 aliphatic carbocycles. The van der Waals surface area contributed by atoms with E-state index in [2.05, 4.69) is 5.32 Å². The van der Waals surface area contributed by atoms with Gasteiger partial charge in [0.05, 0.1) is 6.54 Å². The van der Waals surface area contributed by atoms with Crippen molar-refractivity contribution in [3.63, 3.8) is 0 Å². The van der Waals surface area contributed by atoms with Gasteiger partial charge in [0.2, 0.25) is 0 Å². The number of nitrogens with one attached hydrogen (secondary N) is 1. The molecule has 0 fully saturated rings. The van der Waals surface area contributed by atoms with Gasteiger partial charge >= 0.3 is 43.7 Å². The Morgan fingerprint density at radius 2 is 1.33 bits per heavy atom. The zero-order valence-corrected chi connectivity index (χ0v) is 11.1. The van der Waals surface area contributed by atoms with E-state index in [-0.39, 0.29) is 44.3 Å². The molecule has 0 amide bonds. The van der Waals surface area contributed by atoms with Crippen LogP contribution in [-0.2, 0) is 14.4 Å². The van der Waals surface area contributed by atoms with Gasteiger partial charge in [0.25, 0.3) is 0 Å². The quantitative estimate of drug-likeness (QED) is 0.482. The van der Waals surface area contributed by atoms with Crippen molar-refractivity contribution >= 4 is 55.6 Å². The van der Waals surface area contributed by atoms with Crippen molar-refractivity contribution in [2.24, 2.45) is 0 Å². The van der Waals surface area contributed by atoms with Gasteiger partial charge in [-0.05, 0) is 20.9 Å². The van der Waals surface area contributed by atoms with Gasteiger partial charge < -0.3 is 30.2 Å². The van der Waals surface area contributed by atoms with E-state index in [9.17, 15) is 4.79 Å². The Morgan fingerprint density at radius 1 is 1.13 bits per heavy atom. The first-order chi connectivity index (χ1) is 6.23. The fourth-order valence-electron chi connectivity index (χ4n) is 0.151. The van der Waals surface area contributed by atoms with Gasteiger partial charge in [-0.15, -0.1) is 0 Å². The molecule has 0 radical (unpaired) electrons. The van der Waals surface area contributed by atoms with E-state index in [1.54, 1.807) is 7.05 Å². The van der Waals surface area contributed by atoms with E-state index >= 15 is 0 Å². The molecule has 0 aromatic heterocycles. The predicted octanol–water partition coefficient (Wildman–Crippen LogP) is -3.58. The summed E-state index contributed by atoms with van der Waals surface area (Å²) >= 11 is 0. The molecule has 84 valence electrons. The Labute approximate surface area is 117 Å². The molecule has 8 heteroatoms. The summed E-state index contributed by atoms with van der Waals surface area (Å²) in [7, 11) is 1.59. The summed E-state index contributed by atoms with van der Waals surface area (Å²) in [5.41, 5.74) is 0. The summed E-state index contributed by atoms with van der Waals surface area (Å²) in [6, 6.07) is 0. The maximum Gasteiger partial charge on any atom is 2.00 e. The summed E-state index contributed by atoms with van der Waals surface area (Å²) in [6.45, 7) is 1.99. The van der Waals surface area contributed by atoms with Crippen LogP contribution in [0.5, 0.6) is 0 Å².